The number of nitrogens with zero attached hydrogens (tertiary/aromatic N) is 1. The van der Waals surface area contributed by atoms with Crippen LogP contribution in [0.15, 0.2) is 48.7 Å². The predicted molar refractivity (Wildman–Crippen MR) is 85.6 cm³/mol. The monoisotopic (exact) mass is 296 g/mol. The van der Waals surface area contributed by atoms with Gasteiger partial charge in [-0.2, -0.15) is 0 Å². The summed E-state index contributed by atoms with van der Waals surface area (Å²) in [5, 5.41) is 3.49. The number of hydrogen-bond donors (Lipinski definition) is 1. The number of benzene rings is 2. The quantitative estimate of drug-likeness (QED) is 0.814. The van der Waals surface area contributed by atoms with E-state index >= 15 is 0 Å². The number of amides is 1. The molecule has 0 saturated heterocycles. The Bertz CT molecular complexity index is 782. The minimum Gasteiger partial charge on any atom is -0.347 e. The van der Waals surface area contributed by atoms with Crippen molar-refractivity contribution in [3.05, 3.63) is 64.8 Å². The Kier molecular flexibility index (Phi) is 2.76. The number of fused-ring (bicyclic) bond motifs is 2. The van der Waals surface area contributed by atoms with E-state index in [9.17, 15) is 4.79 Å². The zero-order valence-corrected chi connectivity index (χ0v) is 12.0. The molecule has 0 atom stereocenters. The molecule has 21 heavy (non-hydrogen) atoms. The lowest BCUT2D eigenvalue weighted by Crippen LogP contribution is -2.15. The topological polar surface area (TPSA) is 32.3 Å². The van der Waals surface area contributed by atoms with Crippen molar-refractivity contribution >= 4 is 34.5 Å². The fourth-order valence-corrected chi connectivity index (χ4v) is 3.12. The molecule has 0 spiro atoms. The molecule has 4 heteroatoms. The number of rotatable bonds is 1. The highest BCUT2D eigenvalue weighted by Gasteiger charge is 2.26. The molecule has 0 aliphatic carbocycles. The summed E-state index contributed by atoms with van der Waals surface area (Å²) in [5.41, 5.74) is 4.89. The third kappa shape index (κ3) is 2.01. The molecule has 104 valence electrons. The molecule has 0 saturated carbocycles. The maximum Gasteiger partial charge on any atom is 0.257 e. The summed E-state index contributed by atoms with van der Waals surface area (Å²) in [6.45, 7) is 0.902. The van der Waals surface area contributed by atoms with Gasteiger partial charge in [0.2, 0.25) is 0 Å². The second kappa shape index (κ2) is 4.64. The first kappa shape index (κ1) is 12.5. The van der Waals surface area contributed by atoms with Crippen molar-refractivity contribution < 1.29 is 4.79 Å². The van der Waals surface area contributed by atoms with E-state index in [4.69, 9.17) is 11.6 Å². The molecule has 0 fully saturated rings. The van der Waals surface area contributed by atoms with Crippen LogP contribution in [0.4, 0.5) is 11.4 Å². The van der Waals surface area contributed by atoms with Gasteiger partial charge in [0.05, 0.1) is 11.3 Å². The number of carbonyl (C=O) groups excluding carboxylic acids is 1. The summed E-state index contributed by atoms with van der Waals surface area (Å²) in [6, 6.07) is 13.8. The second-order valence-electron chi connectivity index (χ2n) is 5.26. The van der Waals surface area contributed by atoms with Crippen molar-refractivity contribution in [2.24, 2.45) is 0 Å². The van der Waals surface area contributed by atoms with Crippen molar-refractivity contribution in [3.8, 4) is 0 Å². The van der Waals surface area contributed by atoms with E-state index in [1.165, 1.54) is 11.3 Å². The SMILES string of the molecule is O=C1Nc2cc(Cl)ccc2/C1=C\N1CCc2ccccc21. The van der Waals surface area contributed by atoms with Crippen LogP contribution < -0.4 is 10.2 Å². The zero-order chi connectivity index (χ0) is 14.4. The summed E-state index contributed by atoms with van der Waals surface area (Å²) in [6.07, 6.45) is 2.95. The van der Waals surface area contributed by atoms with Crippen LogP contribution in [0.2, 0.25) is 5.02 Å². The van der Waals surface area contributed by atoms with E-state index in [0.29, 0.717) is 10.6 Å². The maximum atomic E-state index is 12.2. The summed E-state index contributed by atoms with van der Waals surface area (Å²) >= 11 is 5.97. The van der Waals surface area contributed by atoms with Gasteiger partial charge in [-0.05, 0) is 30.2 Å². The Balaban J connectivity index is 1.77. The smallest absolute Gasteiger partial charge is 0.257 e. The average molecular weight is 297 g/mol. The van der Waals surface area contributed by atoms with Crippen LogP contribution in [0.1, 0.15) is 11.1 Å². The molecule has 3 nitrogen and oxygen atoms in total. The van der Waals surface area contributed by atoms with Crippen LogP contribution in [0.25, 0.3) is 5.57 Å². The Hall–Kier alpha value is -2.26. The molecule has 0 bridgehead atoms. The number of hydrogen-bond acceptors (Lipinski definition) is 2. The Morgan fingerprint density at radius 2 is 2.05 bits per heavy atom. The van der Waals surface area contributed by atoms with Gasteiger partial charge in [0.25, 0.3) is 5.91 Å². The lowest BCUT2D eigenvalue weighted by atomic mass is 10.1. The third-order valence-electron chi connectivity index (χ3n) is 3.97. The first-order valence-corrected chi connectivity index (χ1v) is 7.28. The molecule has 2 aliphatic rings. The molecule has 4 rings (SSSR count). The van der Waals surface area contributed by atoms with Crippen molar-refractivity contribution in [1.29, 1.82) is 0 Å². The lowest BCUT2D eigenvalue weighted by molar-refractivity contribution is -0.110. The number of para-hydroxylation sites is 1. The molecule has 1 amide bonds. The molecule has 0 unspecified atom stereocenters. The highest BCUT2D eigenvalue weighted by Crippen LogP contribution is 2.36. The minimum atomic E-state index is -0.0725. The van der Waals surface area contributed by atoms with E-state index < -0.39 is 0 Å². The van der Waals surface area contributed by atoms with Crippen molar-refractivity contribution in [2.75, 3.05) is 16.8 Å². The highest BCUT2D eigenvalue weighted by molar-refractivity contribution is 6.34. The van der Waals surface area contributed by atoms with Gasteiger partial charge >= 0.3 is 0 Å². The van der Waals surface area contributed by atoms with E-state index in [2.05, 4.69) is 28.4 Å². The van der Waals surface area contributed by atoms with Crippen LogP contribution in [-0.4, -0.2) is 12.5 Å². The second-order valence-corrected chi connectivity index (χ2v) is 5.70. The normalized spacial score (nSPS) is 17.9. The molecular formula is C17H13ClN2O. The van der Waals surface area contributed by atoms with Gasteiger partial charge in [-0.1, -0.05) is 35.9 Å². The molecular weight excluding hydrogens is 284 g/mol. The number of halogens is 1. The molecule has 1 N–H and O–H groups in total. The van der Waals surface area contributed by atoms with Crippen molar-refractivity contribution in [2.45, 2.75) is 6.42 Å². The first-order chi connectivity index (χ1) is 10.2. The van der Waals surface area contributed by atoms with E-state index in [-0.39, 0.29) is 5.91 Å². The predicted octanol–water partition coefficient (Wildman–Crippen LogP) is 3.70. The van der Waals surface area contributed by atoms with Crippen LogP contribution in [-0.2, 0) is 11.2 Å². The van der Waals surface area contributed by atoms with E-state index in [1.807, 2.05) is 24.4 Å². The van der Waals surface area contributed by atoms with Gasteiger partial charge in [0, 0.05) is 29.0 Å². The van der Waals surface area contributed by atoms with Gasteiger partial charge in [-0.3, -0.25) is 4.79 Å². The molecule has 0 radical (unpaired) electrons. The number of nitrogens with one attached hydrogen (secondary N) is 1. The largest absolute Gasteiger partial charge is 0.347 e. The molecule has 2 aromatic carbocycles. The van der Waals surface area contributed by atoms with Gasteiger partial charge < -0.3 is 10.2 Å². The summed E-state index contributed by atoms with van der Waals surface area (Å²) < 4.78 is 0. The van der Waals surface area contributed by atoms with Gasteiger partial charge in [0.1, 0.15) is 0 Å². The van der Waals surface area contributed by atoms with Crippen LogP contribution in [0, 0.1) is 0 Å². The third-order valence-corrected chi connectivity index (χ3v) is 4.21. The Morgan fingerprint density at radius 3 is 2.95 bits per heavy atom. The average Bonchev–Trinajstić information content (AvgIpc) is 3.01. The van der Waals surface area contributed by atoms with Crippen molar-refractivity contribution in [1.82, 2.24) is 0 Å². The standard InChI is InChI=1S/C17H13ClN2O/c18-12-5-6-13-14(17(21)19-15(13)9-12)10-20-8-7-11-3-1-2-4-16(11)20/h1-6,9-10H,7-8H2,(H,19,21)/b14-10+. The number of anilines is 2. The van der Waals surface area contributed by atoms with Crippen LogP contribution >= 0.6 is 11.6 Å². The maximum absolute atomic E-state index is 12.2. The summed E-state index contributed by atoms with van der Waals surface area (Å²) in [4.78, 5) is 14.3. The fraction of sp³-hybridized carbons (Fsp3) is 0.118. The molecule has 0 aromatic heterocycles. The fourth-order valence-electron chi connectivity index (χ4n) is 2.95. The summed E-state index contributed by atoms with van der Waals surface area (Å²) in [7, 11) is 0. The lowest BCUT2D eigenvalue weighted by Gasteiger charge is -2.14. The molecule has 2 heterocycles. The van der Waals surface area contributed by atoms with Crippen LogP contribution in [0.3, 0.4) is 0 Å². The minimum absolute atomic E-state index is 0.0725. The van der Waals surface area contributed by atoms with Crippen molar-refractivity contribution in [3.63, 3.8) is 0 Å². The Morgan fingerprint density at radius 1 is 1.19 bits per heavy atom. The molecule has 2 aromatic rings. The highest BCUT2D eigenvalue weighted by atomic mass is 35.5. The van der Waals surface area contributed by atoms with E-state index in [1.54, 1.807) is 6.07 Å². The number of carbonyl (C=O) groups is 1. The van der Waals surface area contributed by atoms with Gasteiger partial charge in [-0.15, -0.1) is 0 Å². The molecule has 2 aliphatic heterocycles. The zero-order valence-electron chi connectivity index (χ0n) is 11.3. The van der Waals surface area contributed by atoms with E-state index in [0.717, 1.165) is 24.2 Å². The first-order valence-electron chi connectivity index (χ1n) is 6.90. The van der Waals surface area contributed by atoms with Gasteiger partial charge in [-0.25, -0.2) is 0 Å². The van der Waals surface area contributed by atoms with Crippen LogP contribution in [0.5, 0.6) is 0 Å². The summed E-state index contributed by atoms with van der Waals surface area (Å²) in [5.74, 6) is -0.0725. The van der Waals surface area contributed by atoms with Gasteiger partial charge in [0.15, 0.2) is 0 Å². The Labute approximate surface area is 127 Å².